The van der Waals surface area contributed by atoms with E-state index in [1.165, 1.54) is 28.8 Å². The number of hydrogen-bond acceptors (Lipinski definition) is 3. The quantitative estimate of drug-likeness (QED) is 0.810. The molecule has 0 amide bonds. The van der Waals surface area contributed by atoms with Gasteiger partial charge in [-0.15, -0.1) is 0 Å². The van der Waals surface area contributed by atoms with Crippen LogP contribution in [-0.4, -0.2) is 23.6 Å². The minimum absolute atomic E-state index is 0.416. The number of allylic oxidation sites excluding steroid dienone is 2. The maximum absolute atomic E-state index is 5.55. The first-order valence-electron chi connectivity index (χ1n) is 7.02. The molecule has 2 aliphatic heterocycles. The van der Waals surface area contributed by atoms with Crippen LogP contribution in [0.2, 0.25) is 0 Å². The van der Waals surface area contributed by atoms with Crippen molar-refractivity contribution in [1.29, 1.82) is 0 Å². The molecule has 0 saturated carbocycles. The van der Waals surface area contributed by atoms with Crippen molar-refractivity contribution < 1.29 is 0 Å². The fourth-order valence-corrected chi connectivity index (χ4v) is 5.60. The van der Waals surface area contributed by atoms with E-state index in [2.05, 4.69) is 57.3 Å². The van der Waals surface area contributed by atoms with Gasteiger partial charge in [-0.2, -0.15) is 11.8 Å². The lowest BCUT2D eigenvalue weighted by atomic mass is 9.66. The van der Waals surface area contributed by atoms with Crippen LogP contribution >= 0.6 is 27.7 Å². The summed E-state index contributed by atoms with van der Waals surface area (Å²) in [7, 11) is 0. The molecule has 104 valence electrons. The molecule has 0 aromatic carbocycles. The first-order chi connectivity index (χ1) is 9.26. The first-order valence-corrected chi connectivity index (χ1v) is 8.97. The molecular weight excluding hydrogens is 320 g/mol. The summed E-state index contributed by atoms with van der Waals surface area (Å²) in [6.07, 6.45) is 14.4. The Labute approximate surface area is 128 Å². The number of nitrogens with two attached hydrogens (primary N) is 1. The Bertz CT molecular complexity index is 424. The van der Waals surface area contributed by atoms with E-state index in [4.69, 9.17) is 5.73 Å². The van der Waals surface area contributed by atoms with E-state index < -0.39 is 0 Å². The van der Waals surface area contributed by atoms with Crippen LogP contribution < -0.4 is 11.1 Å². The van der Waals surface area contributed by atoms with Crippen molar-refractivity contribution >= 4 is 27.7 Å². The molecule has 2 saturated heterocycles. The Morgan fingerprint density at radius 2 is 2.26 bits per heavy atom. The van der Waals surface area contributed by atoms with E-state index in [-0.39, 0.29) is 0 Å². The van der Waals surface area contributed by atoms with Crippen LogP contribution in [0.5, 0.6) is 0 Å². The fourth-order valence-electron chi connectivity index (χ4n) is 3.91. The highest BCUT2D eigenvalue weighted by Gasteiger charge is 2.53. The van der Waals surface area contributed by atoms with E-state index >= 15 is 0 Å². The lowest BCUT2D eigenvalue weighted by Crippen LogP contribution is -2.41. The zero-order chi connectivity index (χ0) is 13.3. The van der Waals surface area contributed by atoms with Crippen molar-refractivity contribution in [2.24, 2.45) is 17.1 Å². The van der Waals surface area contributed by atoms with E-state index in [0.29, 0.717) is 23.4 Å². The molecule has 19 heavy (non-hydrogen) atoms. The van der Waals surface area contributed by atoms with Gasteiger partial charge in [0, 0.05) is 22.5 Å². The third-order valence-electron chi connectivity index (χ3n) is 4.87. The molecule has 2 fully saturated rings. The van der Waals surface area contributed by atoms with Crippen LogP contribution in [0.15, 0.2) is 35.0 Å². The third-order valence-corrected chi connectivity index (χ3v) is 6.39. The van der Waals surface area contributed by atoms with Gasteiger partial charge in [0.2, 0.25) is 0 Å². The number of thioether (sulfide) groups is 1. The Kier molecular flexibility index (Phi) is 4.11. The smallest absolute Gasteiger partial charge is 0.0325 e. The summed E-state index contributed by atoms with van der Waals surface area (Å²) in [5.41, 5.74) is 5.96. The first kappa shape index (κ1) is 13.8. The van der Waals surface area contributed by atoms with Crippen LogP contribution in [0.1, 0.15) is 19.3 Å². The molecular formula is C15H21BrN2S. The molecule has 0 radical (unpaired) electrons. The zero-order valence-corrected chi connectivity index (χ0v) is 13.4. The van der Waals surface area contributed by atoms with Gasteiger partial charge in [0.1, 0.15) is 0 Å². The topological polar surface area (TPSA) is 38.0 Å². The standard InChI is InChI=1S/C15H21BrN2S/c16-11-3-4-13-12(10-11)15(5-8-19-9-6-15)14(18-13)2-1-7-17/h1,3-4,7,10,12-14,18H,2,5-6,8-9,17H2. The summed E-state index contributed by atoms with van der Waals surface area (Å²) in [6.45, 7) is 0. The Balaban J connectivity index is 1.91. The van der Waals surface area contributed by atoms with Crippen molar-refractivity contribution in [1.82, 2.24) is 5.32 Å². The second-order valence-corrected chi connectivity index (χ2v) is 7.83. The van der Waals surface area contributed by atoms with Gasteiger partial charge in [-0.25, -0.2) is 0 Å². The normalized spacial score (nSPS) is 36.7. The monoisotopic (exact) mass is 340 g/mol. The lowest BCUT2D eigenvalue weighted by molar-refractivity contribution is 0.180. The second-order valence-electron chi connectivity index (χ2n) is 5.69. The SMILES string of the molecule is NC=CCC1NC2C=CC(Br)=CC2C12CCSCC2. The van der Waals surface area contributed by atoms with E-state index in [1.54, 1.807) is 6.20 Å². The van der Waals surface area contributed by atoms with Crippen LogP contribution in [0.3, 0.4) is 0 Å². The van der Waals surface area contributed by atoms with Crippen molar-refractivity contribution in [2.45, 2.75) is 31.3 Å². The van der Waals surface area contributed by atoms with Crippen molar-refractivity contribution in [3.8, 4) is 0 Å². The van der Waals surface area contributed by atoms with Crippen LogP contribution in [0.4, 0.5) is 0 Å². The summed E-state index contributed by atoms with van der Waals surface area (Å²) >= 11 is 5.76. The minimum Gasteiger partial charge on any atom is -0.405 e. The maximum atomic E-state index is 5.55. The lowest BCUT2D eigenvalue weighted by Gasteiger charge is -2.42. The van der Waals surface area contributed by atoms with E-state index in [1.807, 2.05) is 0 Å². The molecule has 3 atom stereocenters. The van der Waals surface area contributed by atoms with Crippen molar-refractivity contribution in [3.63, 3.8) is 0 Å². The van der Waals surface area contributed by atoms with Crippen LogP contribution in [0, 0.1) is 11.3 Å². The summed E-state index contributed by atoms with van der Waals surface area (Å²) < 4.78 is 1.24. The van der Waals surface area contributed by atoms with Gasteiger partial charge in [0.25, 0.3) is 0 Å². The molecule has 0 bridgehead atoms. The maximum Gasteiger partial charge on any atom is 0.0325 e. The number of hydrogen-bond donors (Lipinski definition) is 2. The van der Waals surface area contributed by atoms with Gasteiger partial charge in [-0.05, 0) is 42.4 Å². The van der Waals surface area contributed by atoms with Gasteiger partial charge in [0.15, 0.2) is 0 Å². The predicted octanol–water partition coefficient (Wildman–Crippen LogP) is 3.17. The molecule has 0 aromatic rings. The van der Waals surface area contributed by atoms with Crippen molar-refractivity contribution in [2.75, 3.05) is 11.5 Å². The van der Waals surface area contributed by atoms with Crippen LogP contribution in [-0.2, 0) is 0 Å². The van der Waals surface area contributed by atoms with Gasteiger partial charge < -0.3 is 11.1 Å². The van der Waals surface area contributed by atoms with E-state index in [9.17, 15) is 0 Å². The molecule has 3 N–H and O–H groups in total. The number of fused-ring (bicyclic) bond motifs is 2. The average Bonchev–Trinajstić information content (AvgIpc) is 2.71. The largest absolute Gasteiger partial charge is 0.405 e. The molecule has 0 aromatic heterocycles. The molecule has 1 spiro atoms. The van der Waals surface area contributed by atoms with Gasteiger partial charge >= 0.3 is 0 Å². The zero-order valence-electron chi connectivity index (χ0n) is 11.0. The number of rotatable bonds is 2. The molecule has 3 aliphatic rings. The highest BCUT2D eigenvalue weighted by Crippen LogP contribution is 2.52. The van der Waals surface area contributed by atoms with Gasteiger partial charge in [-0.1, -0.05) is 40.2 Å². The molecule has 4 heteroatoms. The summed E-state index contributed by atoms with van der Waals surface area (Å²) in [5, 5.41) is 3.84. The Hall–Kier alpha value is -0.190. The predicted molar refractivity (Wildman–Crippen MR) is 87.3 cm³/mol. The highest BCUT2D eigenvalue weighted by molar-refractivity contribution is 9.11. The molecule has 2 nitrogen and oxygen atoms in total. The molecule has 3 rings (SSSR count). The number of nitrogens with one attached hydrogen (secondary N) is 1. The van der Waals surface area contributed by atoms with Gasteiger partial charge in [0.05, 0.1) is 0 Å². The highest BCUT2D eigenvalue weighted by atomic mass is 79.9. The summed E-state index contributed by atoms with van der Waals surface area (Å²) in [5.74, 6) is 3.22. The van der Waals surface area contributed by atoms with Crippen molar-refractivity contribution in [3.05, 3.63) is 35.0 Å². The fraction of sp³-hybridized carbons (Fsp3) is 0.600. The molecule has 3 unspecified atom stereocenters. The number of halogens is 1. The average molecular weight is 341 g/mol. The van der Waals surface area contributed by atoms with E-state index in [0.717, 1.165) is 6.42 Å². The Morgan fingerprint density at radius 1 is 1.47 bits per heavy atom. The third kappa shape index (κ3) is 2.43. The molecule has 2 heterocycles. The minimum atomic E-state index is 0.416. The molecule has 1 aliphatic carbocycles. The Morgan fingerprint density at radius 3 is 3.00 bits per heavy atom. The summed E-state index contributed by atoms with van der Waals surface area (Å²) in [4.78, 5) is 0. The van der Waals surface area contributed by atoms with Gasteiger partial charge in [-0.3, -0.25) is 0 Å². The summed E-state index contributed by atoms with van der Waals surface area (Å²) in [6, 6.07) is 1.06. The van der Waals surface area contributed by atoms with Crippen LogP contribution in [0.25, 0.3) is 0 Å². The second kappa shape index (κ2) is 5.66.